The van der Waals surface area contributed by atoms with Gasteiger partial charge in [0.25, 0.3) is 0 Å². The van der Waals surface area contributed by atoms with Crippen molar-refractivity contribution in [2.75, 3.05) is 11.9 Å². The van der Waals surface area contributed by atoms with Crippen LogP contribution in [0.5, 0.6) is 0 Å². The van der Waals surface area contributed by atoms with Crippen LogP contribution in [-0.4, -0.2) is 30.8 Å². The lowest BCUT2D eigenvalue weighted by Gasteiger charge is -2.21. The number of nitrogens with one attached hydrogen (secondary N) is 1. The van der Waals surface area contributed by atoms with E-state index in [-0.39, 0.29) is 0 Å². The molecule has 0 aliphatic carbocycles. The van der Waals surface area contributed by atoms with Gasteiger partial charge < -0.3 is 10.4 Å². The standard InChI is InChI=1S/C13H21N5OS/c1-9(2)5-11-16-12(20-17-11)14-8-13(3,19)10-6-15-18(4)7-10/h6-7,9,19H,5,8H2,1-4H3,(H,14,16,17). The Labute approximate surface area is 123 Å². The van der Waals surface area contributed by atoms with Gasteiger partial charge in [-0.2, -0.15) is 9.47 Å². The zero-order valence-electron chi connectivity index (χ0n) is 12.3. The number of anilines is 1. The Kier molecular flexibility index (Phi) is 4.39. The molecule has 0 aliphatic rings. The van der Waals surface area contributed by atoms with Gasteiger partial charge in [-0.25, -0.2) is 4.98 Å². The molecule has 0 fully saturated rings. The highest BCUT2D eigenvalue weighted by Crippen LogP contribution is 2.21. The molecule has 110 valence electrons. The first-order chi connectivity index (χ1) is 9.37. The van der Waals surface area contributed by atoms with Crippen molar-refractivity contribution >= 4 is 16.7 Å². The summed E-state index contributed by atoms with van der Waals surface area (Å²) in [6.45, 7) is 6.41. The Morgan fingerprint density at radius 1 is 1.50 bits per heavy atom. The van der Waals surface area contributed by atoms with E-state index in [4.69, 9.17) is 0 Å². The third-order valence-corrected chi connectivity index (χ3v) is 3.68. The maximum atomic E-state index is 10.5. The van der Waals surface area contributed by atoms with Gasteiger partial charge in [-0.05, 0) is 12.8 Å². The second kappa shape index (κ2) is 5.88. The predicted octanol–water partition coefficient (Wildman–Crippen LogP) is 1.79. The lowest BCUT2D eigenvalue weighted by molar-refractivity contribution is 0.0714. The fourth-order valence-electron chi connectivity index (χ4n) is 1.82. The second-order valence-electron chi connectivity index (χ2n) is 5.64. The molecule has 0 aliphatic heterocycles. The van der Waals surface area contributed by atoms with Gasteiger partial charge in [-0.3, -0.25) is 4.68 Å². The maximum Gasteiger partial charge on any atom is 0.202 e. The fourth-order valence-corrected chi connectivity index (χ4v) is 2.41. The summed E-state index contributed by atoms with van der Waals surface area (Å²) >= 11 is 1.33. The van der Waals surface area contributed by atoms with Crippen molar-refractivity contribution in [2.24, 2.45) is 13.0 Å². The van der Waals surface area contributed by atoms with Crippen LogP contribution in [0.25, 0.3) is 0 Å². The zero-order chi connectivity index (χ0) is 14.8. The van der Waals surface area contributed by atoms with E-state index in [0.29, 0.717) is 12.5 Å². The number of hydrogen-bond acceptors (Lipinski definition) is 6. The quantitative estimate of drug-likeness (QED) is 0.849. The Hall–Kier alpha value is -1.47. The molecular formula is C13H21N5OS. The molecule has 2 aromatic rings. The largest absolute Gasteiger partial charge is 0.383 e. The van der Waals surface area contributed by atoms with Gasteiger partial charge >= 0.3 is 0 Å². The van der Waals surface area contributed by atoms with Crippen molar-refractivity contribution in [3.05, 3.63) is 23.8 Å². The third-order valence-electron chi connectivity index (χ3n) is 2.97. The molecular weight excluding hydrogens is 274 g/mol. The monoisotopic (exact) mass is 295 g/mol. The third kappa shape index (κ3) is 3.77. The highest BCUT2D eigenvalue weighted by molar-refractivity contribution is 7.09. The molecule has 0 amide bonds. The molecule has 0 aromatic carbocycles. The topological polar surface area (TPSA) is 75.9 Å². The number of hydrogen-bond donors (Lipinski definition) is 2. The van der Waals surface area contributed by atoms with Crippen LogP contribution in [0.15, 0.2) is 12.4 Å². The highest BCUT2D eigenvalue weighted by Gasteiger charge is 2.25. The van der Waals surface area contributed by atoms with Crippen molar-refractivity contribution < 1.29 is 5.11 Å². The number of nitrogens with zero attached hydrogens (tertiary/aromatic N) is 4. The maximum absolute atomic E-state index is 10.5. The van der Waals surface area contributed by atoms with Crippen LogP contribution >= 0.6 is 11.5 Å². The molecule has 2 rings (SSSR count). The predicted molar refractivity (Wildman–Crippen MR) is 79.7 cm³/mol. The molecule has 0 radical (unpaired) electrons. The summed E-state index contributed by atoms with van der Waals surface area (Å²) in [5, 5.41) is 18.4. The van der Waals surface area contributed by atoms with E-state index in [0.717, 1.165) is 22.9 Å². The first-order valence-corrected chi connectivity index (χ1v) is 7.42. The average molecular weight is 295 g/mol. The van der Waals surface area contributed by atoms with Gasteiger partial charge in [0.15, 0.2) is 0 Å². The molecule has 2 heterocycles. The summed E-state index contributed by atoms with van der Waals surface area (Å²) in [4.78, 5) is 4.42. The van der Waals surface area contributed by atoms with E-state index < -0.39 is 5.60 Å². The van der Waals surface area contributed by atoms with Crippen LogP contribution in [0.2, 0.25) is 0 Å². The fraction of sp³-hybridized carbons (Fsp3) is 0.615. The second-order valence-corrected chi connectivity index (χ2v) is 6.40. The number of aryl methyl sites for hydroxylation is 1. The van der Waals surface area contributed by atoms with E-state index >= 15 is 0 Å². The van der Waals surface area contributed by atoms with Gasteiger partial charge in [-0.15, -0.1) is 0 Å². The van der Waals surface area contributed by atoms with Gasteiger partial charge in [0, 0.05) is 43.3 Å². The summed E-state index contributed by atoms with van der Waals surface area (Å²) in [5.74, 6) is 1.39. The van der Waals surface area contributed by atoms with Crippen LogP contribution in [0.3, 0.4) is 0 Å². The smallest absolute Gasteiger partial charge is 0.202 e. The molecule has 6 nitrogen and oxygen atoms in total. The number of aliphatic hydroxyl groups is 1. The lowest BCUT2D eigenvalue weighted by atomic mass is 10.00. The molecule has 0 spiro atoms. The van der Waals surface area contributed by atoms with Gasteiger partial charge in [-0.1, -0.05) is 13.8 Å². The Balaban J connectivity index is 1.95. The minimum atomic E-state index is -0.988. The first-order valence-electron chi connectivity index (χ1n) is 6.65. The van der Waals surface area contributed by atoms with E-state index in [1.807, 2.05) is 13.2 Å². The van der Waals surface area contributed by atoms with Crippen LogP contribution in [0.4, 0.5) is 5.13 Å². The first kappa shape index (κ1) is 14.9. The van der Waals surface area contributed by atoms with Crippen LogP contribution < -0.4 is 5.32 Å². The summed E-state index contributed by atoms with van der Waals surface area (Å²) in [7, 11) is 1.83. The minimum absolute atomic E-state index is 0.370. The molecule has 2 aromatic heterocycles. The highest BCUT2D eigenvalue weighted by atomic mass is 32.1. The molecule has 20 heavy (non-hydrogen) atoms. The van der Waals surface area contributed by atoms with E-state index in [2.05, 4.69) is 33.6 Å². The van der Waals surface area contributed by atoms with E-state index in [9.17, 15) is 5.11 Å². The zero-order valence-corrected chi connectivity index (χ0v) is 13.1. The van der Waals surface area contributed by atoms with Crippen LogP contribution in [0, 0.1) is 5.92 Å². The molecule has 2 N–H and O–H groups in total. The lowest BCUT2D eigenvalue weighted by Crippen LogP contribution is -2.30. The summed E-state index contributed by atoms with van der Waals surface area (Å²) < 4.78 is 5.98. The van der Waals surface area contributed by atoms with E-state index in [1.165, 1.54) is 11.5 Å². The summed E-state index contributed by atoms with van der Waals surface area (Å²) in [5.41, 5.74) is -0.211. The number of rotatable bonds is 6. The molecule has 1 unspecified atom stereocenters. The van der Waals surface area contributed by atoms with Crippen molar-refractivity contribution in [3.63, 3.8) is 0 Å². The van der Waals surface area contributed by atoms with Crippen molar-refractivity contribution in [3.8, 4) is 0 Å². The van der Waals surface area contributed by atoms with Gasteiger partial charge in [0.2, 0.25) is 5.13 Å². The Morgan fingerprint density at radius 3 is 2.85 bits per heavy atom. The molecule has 0 saturated carbocycles. The summed E-state index contributed by atoms with van der Waals surface area (Å²) in [6.07, 6.45) is 4.36. The Bertz CT molecular complexity index is 561. The van der Waals surface area contributed by atoms with Crippen molar-refractivity contribution in [1.29, 1.82) is 0 Å². The SMILES string of the molecule is CC(C)Cc1nsc(NCC(C)(O)c2cnn(C)c2)n1. The Morgan fingerprint density at radius 2 is 2.25 bits per heavy atom. The average Bonchev–Trinajstić information content (AvgIpc) is 2.95. The van der Waals surface area contributed by atoms with Crippen molar-refractivity contribution in [2.45, 2.75) is 32.8 Å². The van der Waals surface area contributed by atoms with Crippen LogP contribution in [-0.2, 0) is 19.1 Å². The summed E-state index contributed by atoms with van der Waals surface area (Å²) in [6, 6.07) is 0. The van der Waals surface area contributed by atoms with E-state index in [1.54, 1.807) is 17.8 Å². The normalized spacial score (nSPS) is 14.5. The van der Waals surface area contributed by atoms with Crippen molar-refractivity contribution in [1.82, 2.24) is 19.1 Å². The molecule has 0 bridgehead atoms. The van der Waals surface area contributed by atoms with Crippen LogP contribution in [0.1, 0.15) is 32.2 Å². The van der Waals surface area contributed by atoms with Gasteiger partial charge in [0.1, 0.15) is 11.4 Å². The number of aromatic nitrogens is 4. The minimum Gasteiger partial charge on any atom is -0.383 e. The molecule has 0 saturated heterocycles. The van der Waals surface area contributed by atoms with Gasteiger partial charge in [0.05, 0.1) is 6.20 Å². The molecule has 1 atom stereocenters. The molecule has 7 heteroatoms.